The normalized spacial score (nSPS) is 15.1. The van der Waals surface area contributed by atoms with Crippen LogP contribution in [-0.4, -0.2) is 43.6 Å². The fourth-order valence-electron chi connectivity index (χ4n) is 4.04. The number of aromatic nitrogens is 1. The molecule has 1 aliphatic heterocycles. The Hall–Kier alpha value is -2.80. The van der Waals surface area contributed by atoms with Crippen molar-refractivity contribution in [2.45, 2.75) is 30.0 Å². The molecule has 2 aromatic carbocycles. The van der Waals surface area contributed by atoms with E-state index in [1.165, 1.54) is 4.90 Å². The Morgan fingerprint density at radius 2 is 1.93 bits per heavy atom. The van der Waals surface area contributed by atoms with E-state index in [0.717, 1.165) is 23.0 Å². The number of carbonyl (C=O) groups is 1. The molecular formula is C23H26N2O4S. The minimum Gasteiger partial charge on any atom is -0.493 e. The summed E-state index contributed by atoms with van der Waals surface area (Å²) in [5.74, 6) is 1.75. The number of hydrogen-bond donors (Lipinski definition) is 1. The van der Waals surface area contributed by atoms with Gasteiger partial charge in [0.1, 0.15) is 5.69 Å². The topological polar surface area (TPSA) is 61.7 Å². The first-order valence-electron chi connectivity index (χ1n) is 9.92. The highest BCUT2D eigenvalue weighted by atomic mass is 32.2. The van der Waals surface area contributed by atoms with Crippen LogP contribution in [0.2, 0.25) is 0 Å². The van der Waals surface area contributed by atoms with E-state index in [0.29, 0.717) is 41.2 Å². The molecule has 0 spiro atoms. The predicted octanol–water partition coefficient (Wildman–Crippen LogP) is 4.13. The second-order valence-corrected chi connectivity index (χ2v) is 8.74. The van der Waals surface area contributed by atoms with E-state index in [1.807, 2.05) is 30.0 Å². The number of hydrogen-bond acceptors (Lipinski definition) is 5. The van der Waals surface area contributed by atoms with Gasteiger partial charge in [0.2, 0.25) is 5.75 Å². The number of methoxy groups -OCH3 is 3. The lowest BCUT2D eigenvalue weighted by Gasteiger charge is -2.22. The lowest BCUT2D eigenvalue weighted by molar-refractivity contribution is 0.0945. The highest BCUT2D eigenvalue weighted by Gasteiger charge is 2.24. The first kappa shape index (κ1) is 20.5. The van der Waals surface area contributed by atoms with Gasteiger partial charge >= 0.3 is 0 Å². The van der Waals surface area contributed by atoms with Gasteiger partial charge in [-0.05, 0) is 24.6 Å². The number of carbonyl (C=O) groups excluding carboxylic acids is 1. The largest absolute Gasteiger partial charge is 0.493 e. The van der Waals surface area contributed by atoms with Crippen molar-refractivity contribution in [1.82, 2.24) is 9.88 Å². The minimum atomic E-state index is -0.0595. The van der Waals surface area contributed by atoms with Crippen molar-refractivity contribution in [3.63, 3.8) is 0 Å². The number of nitrogens with zero attached hydrogens (tertiary/aromatic N) is 1. The van der Waals surface area contributed by atoms with E-state index >= 15 is 0 Å². The summed E-state index contributed by atoms with van der Waals surface area (Å²) in [5.41, 5.74) is 2.82. The van der Waals surface area contributed by atoms with E-state index in [2.05, 4.69) is 35.0 Å². The van der Waals surface area contributed by atoms with Gasteiger partial charge in [-0.25, -0.2) is 0 Å². The Morgan fingerprint density at radius 3 is 2.67 bits per heavy atom. The molecule has 4 rings (SSSR count). The van der Waals surface area contributed by atoms with E-state index in [4.69, 9.17) is 14.2 Å². The van der Waals surface area contributed by atoms with Crippen molar-refractivity contribution in [2.75, 3.05) is 27.9 Å². The highest BCUT2D eigenvalue weighted by molar-refractivity contribution is 8.00. The average molecular weight is 427 g/mol. The molecule has 7 heteroatoms. The van der Waals surface area contributed by atoms with Gasteiger partial charge in [-0.3, -0.25) is 4.79 Å². The van der Waals surface area contributed by atoms with Crippen LogP contribution in [0.15, 0.2) is 41.3 Å². The summed E-state index contributed by atoms with van der Waals surface area (Å²) in [7, 11) is 4.78. The third kappa shape index (κ3) is 3.58. The molecule has 30 heavy (non-hydrogen) atoms. The first-order valence-corrected chi connectivity index (χ1v) is 10.8. The Morgan fingerprint density at radius 1 is 1.13 bits per heavy atom. The molecule has 0 saturated heterocycles. The number of rotatable bonds is 7. The molecule has 1 N–H and O–H groups in total. The molecular weight excluding hydrogens is 400 g/mol. The maximum atomic E-state index is 13.0. The first-order chi connectivity index (χ1) is 14.6. The number of thioether (sulfide) groups is 1. The van der Waals surface area contributed by atoms with Crippen LogP contribution in [0.4, 0.5) is 0 Å². The maximum absolute atomic E-state index is 13.0. The third-order valence-corrected chi connectivity index (χ3v) is 6.48. The van der Waals surface area contributed by atoms with Crippen LogP contribution in [0.5, 0.6) is 17.2 Å². The Labute approximate surface area is 180 Å². The zero-order valence-corrected chi connectivity index (χ0v) is 18.5. The van der Waals surface area contributed by atoms with Crippen LogP contribution in [0.1, 0.15) is 23.0 Å². The minimum absolute atomic E-state index is 0.0595. The maximum Gasteiger partial charge on any atom is 0.267 e. The molecule has 158 valence electrons. The monoisotopic (exact) mass is 426 g/mol. The molecule has 1 atom stereocenters. The van der Waals surface area contributed by atoms with Crippen LogP contribution < -0.4 is 19.5 Å². The molecule has 3 aromatic rings. The van der Waals surface area contributed by atoms with Crippen molar-refractivity contribution in [3.8, 4) is 17.2 Å². The number of ether oxygens (including phenoxy) is 3. The summed E-state index contributed by atoms with van der Waals surface area (Å²) in [4.78, 5) is 14.2. The molecule has 1 aromatic heterocycles. The van der Waals surface area contributed by atoms with Gasteiger partial charge in [0.25, 0.3) is 5.91 Å². The van der Waals surface area contributed by atoms with Gasteiger partial charge in [0.15, 0.2) is 11.5 Å². The fraction of sp³-hybridized carbons (Fsp3) is 0.348. The Balaban J connectivity index is 1.52. The number of benzene rings is 2. The molecule has 0 fully saturated rings. The molecule has 0 saturated carbocycles. The Kier molecular flexibility index (Phi) is 5.81. The summed E-state index contributed by atoms with van der Waals surface area (Å²) < 4.78 is 18.5. The molecule has 6 nitrogen and oxygen atoms in total. The SMILES string of the molecule is COc1ccc(CCNC(=O)c2cc3cccc4c3n2CC(C)S4)c(OC)c1OC. The lowest BCUT2D eigenvalue weighted by atomic mass is 10.1. The third-order valence-electron chi connectivity index (χ3n) is 5.35. The van der Waals surface area contributed by atoms with E-state index in [1.54, 1.807) is 21.3 Å². The zero-order valence-electron chi connectivity index (χ0n) is 17.7. The standard InChI is InChI=1S/C23H26N2O4S/c1-14-13-25-17(12-16-6-5-7-19(30-14)20(16)25)23(26)24-11-10-15-8-9-18(27-2)22(29-4)21(15)28-3/h5-9,12,14H,10-11,13H2,1-4H3,(H,24,26). The summed E-state index contributed by atoms with van der Waals surface area (Å²) in [5, 5.41) is 4.60. The second-order valence-electron chi connectivity index (χ2n) is 7.26. The predicted molar refractivity (Wildman–Crippen MR) is 119 cm³/mol. The number of para-hydroxylation sites is 1. The van der Waals surface area contributed by atoms with Gasteiger partial charge in [0, 0.05) is 34.2 Å². The number of amides is 1. The van der Waals surface area contributed by atoms with E-state index in [9.17, 15) is 4.79 Å². The van der Waals surface area contributed by atoms with E-state index < -0.39 is 0 Å². The van der Waals surface area contributed by atoms with Crippen LogP contribution in [-0.2, 0) is 13.0 Å². The quantitative estimate of drug-likeness (QED) is 0.615. The summed E-state index contributed by atoms with van der Waals surface area (Å²) in [6, 6.07) is 12.0. The van der Waals surface area contributed by atoms with E-state index in [-0.39, 0.29) is 5.91 Å². The fourth-order valence-corrected chi connectivity index (χ4v) is 5.19. The zero-order chi connectivity index (χ0) is 21.3. The van der Waals surface area contributed by atoms with Crippen LogP contribution in [0.3, 0.4) is 0 Å². The average Bonchev–Trinajstić information content (AvgIpc) is 3.12. The van der Waals surface area contributed by atoms with Crippen molar-refractivity contribution in [2.24, 2.45) is 0 Å². The smallest absolute Gasteiger partial charge is 0.267 e. The van der Waals surface area contributed by atoms with Crippen LogP contribution in [0.25, 0.3) is 10.9 Å². The lowest BCUT2D eigenvalue weighted by Crippen LogP contribution is -2.29. The highest BCUT2D eigenvalue weighted by Crippen LogP contribution is 2.40. The van der Waals surface area contributed by atoms with Crippen LogP contribution in [0, 0.1) is 0 Å². The van der Waals surface area contributed by atoms with Crippen molar-refractivity contribution >= 4 is 28.6 Å². The Bertz CT molecular complexity index is 1090. The molecule has 0 radical (unpaired) electrons. The molecule has 1 aliphatic rings. The molecule has 1 amide bonds. The number of nitrogens with one attached hydrogen (secondary N) is 1. The summed E-state index contributed by atoms with van der Waals surface area (Å²) in [6.45, 7) is 3.51. The molecule has 1 unspecified atom stereocenters. The van der Waals surface area contributed by atoms with Crippen molar-refractivity contribution in [1.29, 1.82) is 0 Å². The van der Waals surface area contributed by atoms with Gasteiger partial charge in [-0.1, -0.05) is 25.1 Å². The molecule has 0 aliphatic carbocycles. The van der Waals surface area contributed by atoms with Crippen molar-refractivity contribution in [3.05, 3.63) is 47.7 Å². The van der Waals surface area contributed by atoms with Gasteiger partial charge in [-0.15, -0.1) is 11.8 Å². The van der Waals surface area contributed by atoms with Crippen LogP contribution >= 0.6 is 11.8 Å². The molecule has 2 heterocycles. The van der Waals surface area contributed by atoms with Gasteiger partial charge in [0.05, 0.1) is 26.8 Å². The summed E-state index contributed by atoms with van der Waals surface area (Å²) >= 11 is 1.87. The molecule has 0 bridgehead atoms. The second kappa shape index (κ2) is 8.52. The van der Waals surface area contributed by atoms with Gasteiger partial charge < -0.3 is 24.1 Å². The van der Waals surface area contributed by atoms with Gasteiger partial charge in [-0.2, -0.15) is 0 Å². The summed E-state index contributed by atoms with van der Waals surface area (Å²) in [6.07, 6.45) is 0.618. The van der Waals surface area contributed by atoms with Crippen molar-refractivity contribution < 1.29 is 19.0 Å².